The van der Waals surface area contributed by atoms with Crippen molar-refractivity contribution in [3.8, 4) is 11.5 Å². The van der Waals surface area contributed by atoms with Crippen LogP contribution in [0.1, 0.15) is 31.0 Å². The number of carbonyl (C=O) groups is 2. The molecule has 1 amide bonds. The molecule has 9 nitrogen and oxygen atoms in total. The van der Waals surface area contributed by atoms with Crippen molar-refractivity contribution in [1.29, 1.82) is 0 Å². The predicted molar refractivity (Wildman–Crippen MR) is 139 cm³/mol. The summed E-state index contributed by atoms with van der Waals surface area (Å²) < 4.78 is 18.0. The Labute approximate surface area is 216 Å². The molecule has 3 heterocycles. The summed E-state index contributed by atoms with van der Waals surface area (Å²) in [5.74, 6) is 0.143. The van der Waals surface area contributed by atoms with Crippen LogP contribution in [-0.2, 0) is 14.3 Å². The largest absolute Gasteiger partial charge is 0.497 e. The van der Waals surface area contributed by atoms with Crippen LogP contribution >= 0.6 is 11.3 Å². The molecule has 0 N–H and O–H groups in total. The van der Waals surface area contributed by atoms with Gasteiger partial charge in [0.15, 0.2) is 4.80 Å². The minimum Gasteiger partial charge on any atom is -0.497 e. The van der Waals surface area contributed by atoms with Gasteiger partial charge in [0.1, 0.15) is 22.1 Å². The number of carbonyl (C=O) groups excluding carboxylic acids is 2. The molecule has 0 fully saturated rings. The molecule has 5 rings (SSSR count). The van der Waals surface area contributed by atoms with Crippen LogP contribution in [0.5, 0.6) is 11.5 Å². The van der Waals surface area contributed by atoms with E-state index < -0.39 is 17.6 Å². The summed E-state index contributed by atoms with van der Waals surface area (Å²) in [5.41, 5.74) is 2.52. The maximum Gasteiger partial charge on any atom is 0.338 e. The Morgan fingerprint density at radius 3 is 2.57 bits per heavy atom. The first-order chi connectivity index (χ1) is 17.8. The van der Waals surface area contributed by atoms with E-state index in [2.05, 4.69) is 4.99 Å². The second-order valence-electron chi connectivity index (χ2n) is 8.49. The number of aromatic nitrogens is 1. The molecule has 0 saturated carbocycles. The summed E-state index contributed by atoms with van der Waals surface area (Å²) in [6.07, 6.45) is 0. The molecule has 0 aliphatic carbocycles. The van der Waals surface area contributed by atoms with Crippen molar-refractivity contribution in [2.75, 3.05) is 32.8 Å². The van der Waals surface area contributed by atoms with Crippen LogP contribution in [0, 0.1) is 0 Å². The third kappa shape index (κ3) is 3.75. The fourth-order valence-corrected chi connectivity index (χ4v) is 5.91. The van der Waals surface area contributed by atoms with Crippen LogP contribution in [0.2, 0.25) is 0 Å². The highest BCUT2D eigenvalue weighted by Gasteiger charge is 2.37. The average Bonchev–Trinajstić information content (AvgIpc) is 3.35. The number of amides is 1. The third-order valence-corrected chi connectivity index (χ3v) is 7.56. The van der Waals surface area contributed by atoms with Gasteiger partial charge in [-0.15, -0.1) is 0 Å². The molecule has 1 aromatic heterocycles. The van der Waals surface area contributed by atoms with E-state index in [0.717, 1.165) is 17.0 Å². The summed E-state index contributed by atoms with van der Waals surface area (Å²) in [6.45, 7) is 3.58. The molecule has 2 aliphatic rings. The lowest BCUT2D eigenvalue weighted by Crippen LogP contribution is -2.41. The maximum absolute atomic E-state index is 14.1. The van der Waals surface area contributed by atoms with Crippen molar-refractivity contribution < 1.29 is 23.8 Å². The monoisotopic (exact) mass is 519 g/mol. The number of allylic oxidation sites excluding steroid dienone is 1. The Balaban J connectivity index is 1.85. The standard InChI is InChI=1S/C27H25N3O6S/c1-6-36-26(33)20-14(2)28-27-30(22(20)17-12-11-15(34-4)13-19(17)35-5)25(32)23(37-27)21-16-9-7-8-10-18(16)29(3)24(21)31/h7-13,22H,6H2,1-5H3/b23-21-/t22-/m0/s1. The average molecular weight is 520 g/mol. The van der Waals surface area contributed by atoms with Gasteiger partial charge in [-0.25, -0.2) is 9.79 Å². The molecule has 10 heteroatoms. The van der Waals surface area contributed by atoms with E-state index in [1.165, 1.54) is 16.6 Å². The molecule has 0 radical (unpaired) electrons. The van der Waals surface area contributed by atoms with Gasteiger partial charge in [-0.2, -0.15) is 0 Å². The summed E-state index contributed by atoms with van der Waals surface area (Å²) >= 11 is 1.13. The molecule has 190 valence electrons. The first kappa shape index (κ1) is 24.5. The normalized spacial score (nSPS) is 17.8. The number of likely N-dealkylation sites (N-methyl/N-ethyl adjacent to an activating group) is 1. The van der Waals surface area contributed by atoms with Crippen molar-refractivity contribution >= 4 is 34.5 Å². The highest BCUT2D eigenvalue weighted by atomic mass is 32.1. The molecule has 3 aromatic rings. The van der Waals surface area contributed by atoms with E-state index in [1.54, 1.807) is 46.2 Å². The highest BCUT2D eigenvalue weighted by Crippen LogP contribution is 2.38. The van der Waals surface area contributed by atoms with Crippen LogP contribution < -0.4 is 29.3 Å². The second kappa shape index (κ2) is 9.36. The number of para-hydroxylation sites is 1. The van der Waals surface area contributed by atoms with Gasteiger partial charge in [0, 0.05) is 24.2 Å². The quantitative estimate of drug-likeness (QED) is 0.479. The predicted octanol–water partition coefficient (Wildman–Crippen LogP) is 2.16. The number of esters is 1. The number of hydrogen-bond donors (Lipinski definition) is 0. The van der Waals surface area contributed by atoms with Gasteiger partial charge in [0.05, 0.1) is 43.4 Å². The van der Waals surface area contributed by atoms with Gasteiger partial charge in [0.25, 0.3) is 11.5 Å². The van der Waals surface area contributed by atoms with E-state index in [4.69, 9.17) is 14.2 Å². The minimum absolute atomic E-state index is 0.161. The van der Waals surface area contributed by atoms with E-state index >= 15 is 0 Å². The summed E-state index contributed by atoms with van der Waals surface area (Å²) in [4.78, 5) is 47.0. The number of ether oxygens (including phenoxy) is 3. The molecule has 0 spiro atoms. The van der Waals surface area contributed by atoms with Crippen LogP contribution in [0.15, 0.2) is 63.5 Å². The fraction of sp³-hybridized carbons (Fsp3) is 0.259. The lowest BCUT2D eigenvalue weighted by Gasteiger charge is -2.26. The summed E-state index contributed by atoms with van der Waals surface area (Å²) in [7, 11) is 4.73. The molecule has 0 bridgehead atoms. The van der Waals surface area contributed by atoms with E-state index in [1.807, 2.05) is 24.3 Å². The van der Waals surface area contributed by atoms with E-state index in [0.29, 0.717) is 38.7 Å². The third-order valence-electron chi connectivity index (χ3n) is 6.51. The zero-order chi connectivity index (χ0) is 26.4. The van der Waals surface area contributed by atoms with Crippen molar-refractivity contribution in [2.45, 2.75) is 19.9 Å². The Kier molecular flexibility index (Phi) is 6.20. The van der Waals surface area contributed by atoms with Gasteiger partial charge in [0.2, 0.25) is 0 Å². The Hall–Kier alpha value is -4.18. The number of anilines is 1. The number of fused-ring (bicyclic) bond motifs is 2. The first-order valence-corrected chi connectivity index (χ1v) is 12.5. The molecular formula is C27H25N3O6S. The van der Waals surface area contributed by atoms with Crippen molar-refractivity contribution in [2.24, 2.45) is 4.99 Å². The lowest BCUT2D eigenvalue weighted by atomic mass is 9.95. The van der Waals surface area contributed by atoms with Crippen LogP contribution in [0.25, 0.3) is 5.57 Å². The number of thiazole rings is 1. The molecular weight excluding hydrogens is 494 g/mol. The number of hydrogen-bond acceptors (Lipinski definition) is 8. The van der Waals surface area contributed by atoms with Crippen molar-refractivity contribution in [1.82, 2.24) is 4.57 Å². The van der Waals surface area contributed by atoms with Crippen LogP contribution in [-0.4, -0.2) is 44.3 Å². The van der Waals surface area contributed by atoms with Crippen LogP contribution in [0.3, 0.4) is 0 Å². The molecule has 2 aliphatic heterocycles. The van der Waals surface area contributed by atoms with Gasteiger partial charge in [-0.05, 0) is 32.0 Å². The highest BCUT2D eigenvalue weighted by molar-refractivity contribution is 7.07. The molecule has 1 atom stereocenters. The molecule has 0 unspecified atom stereocenters. The van der Waals surface area contributed by atoms with Crippen LogP contribution in [0.4, 0.5) is 5.69 Å². The van der Waals surface area contributed by atoms with Gasteiger partial charge < -0.3 is 19.1 Å². The van der Waals surface area contributed by atoms with Gasteiger partial charge in [-0.1, -0.05) is 29.5 Å². The Bertz CT molecular complexity index is 1670. The SMILES string of the molecule is CCOC(=O)C1=C(C)N=c2s/c(=C3\C(=O)N(C)c4ccccc43)c(=O)n2[C@H]1c1ccc(OC)cc1OC. The van der Waals surface area contributed by atoms with Crippen molar-refractivity contribution in [3.63, 3.8) is 0 Å². The van der Waals surface area contributed by atoms with E-state index in [9.17, 15) is 14.4 Å². The first-order valence-electron chi connectivity index (χ1n) is 11.6. The zero-order valence-electron chi connectivity index (χ0n) is 21.0. The summed E-state index contributed by atoms with van der Waals surface area (Å²) in [5, 5.41) is 0. The lowest BCUT2D eigenvalue weighted by molar-refractivity contribution is -0.139. The van der Waals surface area contributed by atoms with Crippen molar-refractivity contribution in [3.05, 3.63) is 84.5 Å². The smallest absolute Gasteiger partial charge is 0.338 e. The molecule has 37 heavy (non-hydrogen) atoms. The fourth-order valence-electron chi connectivity index (χ4n) is 4.77. The van der Waals surface area contributed by atoms with Gasteiger partial charge >= 0.3 is 5.97 Å². The number of nitrogens with zero attached hydrogens (tertiary/aromatic N) is 3. The van der Waals surface area contributed by atoms with E-state index in [-0.39, 0.29) is 22.6 Å². The number of benzene rings is 2. The Morgan fingerprint density at radius 2 is 1.86 bits per heavy atom. The zero-order valence-corrected chi connectivity index (χ0v) is 21.8. The topological polar surface area (TPSA) is 99.4 Å². The summed E-state index contributed by atoms with van der Waals surface area (Å²) in [6, 6.07) is 11.6. The maximum atomic E-state index is 14.1. The number of methoxy groups -OCH3 is 2. The van der Waals surface area contributed by atoms with Gasteiger partial charge in [-0.3, -0.25) is 14.2 Å². The minimum atomic E-state index is -0.880. The molecule has 0 saturated heterocycles. The molecule has 2 aromatic carbocycles. The second-order valence-corrected chi connectivity index (χ2v) is 9.46. The Morgan fingerprint density at radius 1 is 1.11 bits per heavy atom. The number of rotatable bonds is 5.